The van der Waals surface area contributed by atoms with Gasteiger partial charge in [0, 0.05) is 32.5 Å². The number of carbonyl (C=O) groups is 1. The number of aromatic nitrogens is 3. The summed E-state index contributed by atoms with van der Waals surface area (Å²) in [5.41, 5.74) is 2.03. The standard InChI is InChI=1S/C17H23N5O2/c1-12-9-18-22(10-12)14-5-4-7-21(11-14)17(24)19-15-13(2)6-8-20(3)16(15)23/h6,8-10,14H,4-5,7,11H2,1-3H3,(H,19,24)/t14-/m0/s1. The third-order valence-electron chi connectivity index (χ3n) is 4.50. The van der Waals surface area contributed by atoms with Gasteiger partial charge in [0.25, 0.3) is 5.56 Å². The van der Waals surface area contributed by atoms with Gasteiger partial charge in [0.05, 0.1) is 12.2 Å². The van der Waals surface area contributed by atoms with Crippen LogP contribution in [0, 0.1) is 13.8 Å². The number of carbonyl (C=O) groups excluding carboxylic acids is 1. The second-order valence-corrected chi connectivity index (χ2v) is 6.46. The molecule has 7 heteroatoms. The Morgan fingerprint density at radius 2 is 2.17 bits per heavy atom. The van der Waals surface area contributed by atoms with E-state index in [1.54, 1.807) is 18.1 Å². The molecule has 3 rings (SSSR count). The van der Waals surface area contributed by atoms with Gasteiger partial charge in [-0.1, -0.05) is 0 Å². The van der Waals surface area contributed by atoms with E-state index in [0.717, 1.165) is 24.0 Å². The lowest BCUT2D eigenvalue weighted by molar-refractivity contribution is 0.174. The van der Waals surface area contributed by atoms with E-state index < -0.39 is 0 Å². The minimum Gasteiger partial charge on any atom is -0.322 e. The van der Waals surface area contributed by atoms with Gasteiger partial charge < -0.3 is 14.8 Å². The number of hydrogen-bond donors (Lipinski definition) is 1. The van der Waals surface area contributed by atoms with E-state index in [-0.39, 0.29) is 17.6 Å². The molecular weight excluding hydrogens is 306 g/mol. The summed E-state index contributed by atoms with van der Waals surface area (Å²) in [6.07, 6.45) is 7.45. The zero-order valence-electron chi connectivity index (χ0n) is 14.3. The van der Waals surface area contributed by atoms with Crippen LogP contribution in [0.3, 0.4) is 0 Å². The molecule has 0 saturated carbocycles. The first-order chi connectivity index (χ1) is 11.5. The van der Waals surface area contributed by atoms with Crippen molar-refractivity contribution in [2.45, 2.75) is 32.7 Å². The number of nitrogens with zero attached hydrogens (tertiary/aromatic N) is 4. The fourth-order valence-corrected chi connectivity index (χ4v) is 3.05. The minimum atomic E-state index is -0.227. The summed E-state index contributed by atoms with van der Waals surface area (Å²) in [7, 11) is 1.68. The smallest absolute Gasteiger partial charge is 0.322 e. The highest BCUT2D eigenvalue weighted by Gasteiger charge is 2.26. The highest BCUT2D eigenvalue weighted by molar-refractivity contribution is 5.90. The number of piperidine rings is 1. The monoisotopic (exact) mass is 329 g/mol. The van der Waals surface area contributed by atoms with Gasteiger partial charge in [0.15, 0.2) is 0 Å². The fraction of sp³-hybridized carbons (Fsp3) is 0.471. The summed E-state index contributed by atoms with van der Waals surface area (Å²) < 4.78 is 3.40. The third-order valence-corrected chi connectivity index (χ3v) is 4.50. The first kappa shape index (κ1) is 16.3. The first-order valence-corrected chi connectivity index (χ1v) is 8.18. The summed E-state index contributed by atoms with van der Waals surface area (Å²) >= 11 is 0. The van der Waals surface area contributed by atoms with Crippen LogP contribution < -0.4 is 10.9 Å². The maximum absolute atomic E-state index is 12.6. The molecule has 2 aromatic heterocycles. The van der Waals surface area contributed by atoms with Crippen molar-refractivity contribution < 1.29 is 4.79 Å². The molecule has 1 fully saturated rings. The number of urea groups is 1. The van der Waals surface area contributed by atoms with E-state index in [4.69, 9.17) is 0 Å². The fourth-order valence-electron chi connectivity index (χ4n) is 3.05. The van der Waals surface area contributed by atoms with Crippen molar-refractivity contribution in [3.05, 3.63) is 46.1 Å². The molecule has 1 N–H and O–H groups in total. The van der Waals surface area contributed by atoms with E-state index in [0.29, 0.717) is 18.8 Å². The number of amides is 2. The molecule has 0 spiro atoms. The van der Waals surface area contributed by atoms with Crippen molar-refractivity contribution >= 4 is 11.7 Å². The molecule has 0 unspecified atom stereocenters. The number of nitrogens with one attached hydrogen (secondary N) is 1. The number of rotatable bonds is 2. The van der Waals surface area contributed by atoms with Crippen LogP contribution in [0.25, 0.3) is 0 Å². The Bertz CT molecular complexity index is 808. The third kappa shape index (κ3) is 3.20. The average Bonchev–Trinajstić information content (AvgIpc) is 3.01. The van der Waals surface area contributed by atoms with Crippen LogP contribution in [-0.2, 0) is 7.05 Å². The van der Waals surface area contributed by atoms with Crippen molar-refractivity contribution in [3.8, 4) is 0 Å². The zero-order valence-corrected chi connectivity index (χ0v) is 14.3. The Kier molecular flexibility index (Phi) is 4.42. The molecule has 0 aromatic carbocycles. The van der Waals surface area contributed by atoms with Gasteiger partial charge in [-0.05, 0) is 43.9 Å². The Morgan fingerprint density at radius 3 is 2.88 bits per heavy atom. The molecule has 1 aliphatic heterocycles. The van der Waals surface area contributed by atoms with Crippen LogP contribution in [0.5, 0.6) is 0 Å². The maximum Gasteiger partial charge on any atom is 0.322 e. The Hall–Kier alpha value is -2.57. The summed E-state index contributed by atoms with van der Waals surface area (Å²) in [5, 5.41) is 7.15. The van der Waals surface area contributed by atoms with E-state index in [9.17, 15) is 9.59 Å². The highest BCUT2D eigenvalue weighted by atomic mass is 16.2. The second-order valence-electron chi connectivity index (χ2n) is 6.46. The molecule has 128 valence electrons. The minimum absolute atomic E-state index is 0.179. The highest BCUT2D eigenvalue weighted by Crippen LogP contribution is 2.22. The maximum atomic E-state index is 12.6. The number of pyridine rings is 1. The first-order valence-electron chi connectivity index (χ1n) is 8.18. The normalized spacial score (nSPS) is 17.8. The number of anilines is 1. The van der Waals surface area contributed by atoms with E-state index in [1.807, 2.05) is 37.0 Å². The molecule has 1 saturated heterocycles. The van der Waals surface area contributed by atoms with Crippen molar-refractivity contribution in [2.75, 3.05) is 18.4 Å². The molecular formula is C17H23N5O2. The molecule has 2 amide bonds. The van der Waals surface area contributed by atoms with Gasteiger partial charge in [0.2, 0.25) is 0 Å². The van der Waals surface area contributed by atoms with Crippen molar-refractivity contribution in [2.24, 2.45) is 7.05 Å². The van der Waals surface area contributed by atoms with Crippen LogP contribution in [0.15, 0.2) is 29.5 Å². The lowest BCUT2D eigenvalue weighted by Gasteiger charge is -2.33. The molecule has 0 aliphatic carbocycles. The van der Waals surface area contributed by atoms with Crippen molar-refractivity contribution in [1.82, 2.24) is 19.2 Å². The van der Waals surface area contributed by atoms with Crippen LogP contribution in [0.4, 0.5) is 10.5 Å². The molecule has 0 bridgehead atoms. The van der Waals surface area contributed by atoms with Crippen molar-refractivity contribution in [1.29, 1.82) is 0 Å². The summed E-state index contributed by atoms with van der Waals surface area (Å²) in [6, 6.07) is 1.77. The predicted octanol–water partition coefficient (Wildman–Crippen LogP) is 2.07. The molecule has 0 radical (unpaired) electrons. The molecule has 1 atom stereocenters. The van der Waals surface area contributed by atoms with Crippen LogP contribution in [-0.4, -0.2) is 38.4 Å². The number of likely N-dealkylation sites (tertiary alicyclic amines) is 1. The predicted molar refractivity (Wildman–Crippen MR) is 92.2 cm³/mol. The average molecular weight is 329 g/mol. The topological polar surface area (TPSA) is 72.2 Å². The van der Waals surface area contributed by atoms with E-state index in [2.05, 4.69) is 10.4 Å². The molecule has 24 heavy (non-hydrogen) atoms. The summed E-state index contributed by atoms with van der Waals surface area (Å²) in [6.45, 7) is 5.11. The van der Waals surface area contributed by atoms with Gasteiger partial charge in [-0.3, -0.25) is 9.48 Å². The van der Waals surface area contributed by atoms with E-state index in [1.165, 1.54) is 4.57 Å². The van der Waals surface area contributed by atoms with Crippen molar-refractivity contribution in [3.63, 3.8) is 0 Å². The van der Waals surface area contributed by atoms with E-state index >= 15 is 0 Å². The molecule has 2 aromatic rings. The van der Waals surface area contributed by atoms with Gasteiger partial charge in [-0.2, -0.15) is 5.10 Å². The Labute approximate surface area is 140 Å². The quantitative estimate of drug-likeness (QED) is 0.917. The van der Waals surface area contributed by atoms with Gasteiger partial charge in [-0.15, -0.1) is 0 Å². The van der Waals surface area contributed by atoms with Crippen LogP contribution >= 0.6 is 0 Å². The van der Waals surface area contributed by atoms with Crippen LogP contribution in [0.1, 0.15) is 30.0 Å². The second kappa shape index (κ2) is 6.51. The Balaban J connectivity index is 1.73. The summed E-state index contributed by atoms with van der Waals surface area (Å²) in [5.74, 6) is 0. The molecule has 1 aliphatic rings. The van der Waals surface area contributed by atoms with Gasteiger partial charge >= 0.3 is 6.03 Å². The largest absolute Gasteiger partial charge is 0.322 e. The number of hydrogen-bond acceptors (Lipinski definition) is 3. The van der Waals surface area contributed by atoms with Gasteiger partial charge in [-0.25, -0.2) is 4.79 Å². The van der Waals surface area contributed by atoms with Crippen LogP contribution in [0.2, 0.25) is 0 Å². The Morgan fingerprint density at radius 1 is 1.38 bits per heavy atom. The van der Waals surface area contributed by atoms with Gasteiger partial charge in [0.1, 0.15) is 5.69 Å². The molecule has 3 heterocycles. The zero-order chi connectivity index (χ0) is 17.3. The summed E-state index contributed by atoms with van der Waals surface area (Å²) in [4.78, 5) is 26.6. The SMILES string of the molecule is Cc1cnn([C@H]2CCCN(C(=O)Nc3c(C)ccn(C)c3=O)C2)c1. The number of aryl methyl sites for hydroxylation is 3. The lowest BCUT2D eigenvalue weighted by atomic mass is 10.1. The lowest BCUT2D eigenvalue weighted by Crippen LogP contribution is -2.44. The molecule has 7 nitrogen and oxygen atoms in total.